The fourth-order valence-electron chi connectivity index (χ4n) is 1.94. The van der Waals surface area contributed by atoms with Gasteiger partial charge in [-0.05, 0) is 76.9 Å². The van der Waals surface area contributed by atoms with Gasteiger partial charge in [-0.3, -0.25) is 0 Å². The summed E-state index contributed by atoms with van der Waals surface area (Å²) in [6, 6.07) is 11.3. The minimum atomic E-state index is -0.322. The van der Waals surface area contributed by atoms with Gasteiger partial charge < -0.3 is 4.74 Å². The van der Waals surface area contributed by atoms with E-state index in [0.717, 1.165) is 19.2 Å². The predicted octanol–water partition coefficient (Wildman–Crippen LogP) is 5.70. The molecule has 0 bridgehead atoms. The van der Waals surface area contributed by atoms with Gasteiger partial charge in [-0.2, -0.15) is 0 Å². The summed E-state index contributed by atoms with van der Waals surface area (Å²) < 4.78 is 7.62. The Morgan fingerprint density at radius 1 is 1.19 bits per heavy atom. The van der Waals surface area contributed by atoms with Crippen molar-refractivity contribution in [2.24, 2.45) is 0 Å². The highest BCUT2D eigenvalue weighted by Crippen LogP contribution is 2.30. The summed E-state index contributed by atoms with van der Waals surface area (Å²) in [4.78, 5) is 12.3. The summed E-state index contributed by atoms with van der Waals surface area (Å²) in [5.41, 5.74) is 2.74. The van der Waals surface area contributed by atoms with E-state index < -0.39 is 0 Å². The van der Waals surface area contributed by atoms with Crippen molar-refractivity contribution in [3.8, 4) is 5.75 Å². The number of carbonyl (C=O) groups is 1. The van der Waals surface area contributed by atoms with Crippen LogP contribution in [0.5, 0.6) is 5.75 Å². The summed E-state index contributed by atoms with van der Waals surface area (Å²) in [5, 5.41) is 0. The molecule has 0 heterocycles. The molecule has 110 valence electrons. The van der Waals surface area contributed by atoms with Gasteiger partial charge >= 0.3 is 5.97 Å². The van der Waals surface area contributed by atoms with Crippen molar-refractivity contribution in [1.82, 2.24) is 0 Å². The largest absolute Gasteiger partial charge is 0.423 e. The summed E-state index contributed by atoms with van der Waals surface area (Å²) >= 11 is 5.67. The van der Waals surface area contributed by atoms with Gasteiger partial charge in [-0.15, -0.1) is 0 Å². The first-order valence-electron chi connectivity index (χ1n) is 6.66. The Hall–Kier alpha value is -0.880. The molecular formula is C17H16BrIO2. The third-order valence-electron chi connectivity index (χ3n) is 3.20. The third kappa shape index (κ3) is 4.07. The lowest BCUT2D eigenvalue weighted by Crippen LogP contribution is -2.10. The van der Waals surface area contributed by atoms with Crippen molar-refractivity contribution < 1.29 is 9.53 Å². The Bertz CT molecular complexity index is 680. The molecular weight excluding hydrogens is 443 g/mol. The molecule has 0 aromatic heterocycles. The minimum absolute atomic E-state index is 0.281. The number of esters is 1. The standard InChI is InChI=1S/C17H16BrIO2/c1-10(2)14-9-13(18)6-7-16(14)21-17(20)12-5-4-11(3)15(19)8-12/h4-10H,1-3H3. The molecule has 0 saturated carbocycles. The Morgan fingerprint density at radius 3 is 2.52 bits per heavy atom. The van der Waals surface area contributed by atoms with Crippen LogP contribution >= 0.6 is 38.5 Å². The van der Waals surface area contributed by atoms with Crippen LogP contribution in [0, 0.1) is 10.5 Å². The van der Waals surface area contributed by atoms with E-state index >= 15 is 0 Å². The zero-order chi connectivity index (χ0) is 15.6. The molecule has 0 N–H and O–H groups in total. The summed E-state index contributed by atoms with van der Waals surface area (Å²) in [7, 11) is 0. The van der Waals surface area contributed by atoms with E-state index in [0.29, 0.717) is 11.3 Å². The zero-order valence-electron chi connectivity index (χ0n) is 12.1. The molecule has 0 unspecified atom stereocenters. The highest BCUT2D eigenvalue weighted by atomic mass is 127. The second-order valence-corrected chi connectivity index (χ2v) is 7.27. The number of hydrogen-bond donors (Lipinski definition) is 0. The molecule has 0 saturated heterocycles. The van der Waals surface area contributed by atoms with Gasteiger partial charge in [-0.1, -0.05) is 35.8 Å². The van der Waals surface area contributed by atoms with E-state index in [1.54, 1.807) is 6.07 Å². The van der Waals surface area contributed by atoms with Crippen molar-refractivity contribution in [3.63, 3.8) is 0 Å². The molecule has 4 heteroatoms. The van der Waals surface area contributed by atoms with Crippen molar-refractivity contribution in [2.75, 3.05) is 0 Å². The van der Waals surface area contributed by atoms with Crippen LogP contribution in [-0.2, 0) is 0 Å². The van der Waals surface area contributed by atoms with E-state index in [1.807, 2.05) is 37.3 Å². The number of rotatable bonds is 3. The first kappa shape index (κ1) is 16.5. The van der Waals surface area contributed by atoms with Gasteiger partial charge in [0.1, 0.15) is 5.75 Å². The Balaban J connectivity index is 2.29. The van der Waals surface area contributed by atoms with Crippen LogP contribution < -0.4 is 4.74 Å². The van der Waals surface area contributed by atoms with Crippen LogP contribution in [0.1, 0.15) is 41.3 Å². The number of halogens is 2. The van der Waals surface area contributed by atoms with Crippen molar-refractivity contribution in [2.45, 2.75) is 26.7 Å². The van der Waals surface area contributed by atoms with E-state index in [4.69, 9.17) is 4.74 Å². The molecule has 0 aliphatic heterocycles. The molecule has 2 aromatic carbocycles. The van der Waals surface area contributed by atoms with Gasteiger partial charge in [0, 0.05) is 8.04 Å². The topological polar surface area (TPSA) is 26.3 Å². The van der Waals surface area contributed by atoms with Crippen LogP contribution in [0.25, 0.3) is 0 Å². The number of benzene rings is 2. The maximum absolute atomic E-state index is 12.3. The van der Waals surface area contributed by atoms with Crippen molar-refractivity contribution in [1.29, 1.82) is 0 Å². The van der Waals surface area contributed by atoms with E-state index in [2.05, 4.69) is 52.4 Å². The molecule has 0 amide bonds. The van der Waals surface area contributed by atoms with E-state index in [-0.39, 0.29) is 11.9 Å². The van der Waals surface area contributed by atoms with Crippen molar-refractivity contribution in [3.05, 3.63) is 61.1 Å². The number of hydrogen-bond acceptors (Lipinski definition) is 2. The molecule has 0 spiro atoms. The van der Waals surface area contributed by atoms with Crippen LogP contribution in [0.2, 0.25) is 0 Å². The Morgan fingerprint density at radius 2 is 1.90 bits per heavy atom. The number of carbonyl (C=O) groups excluding carboxylic acids is 1. The van der Waals surface area contributed by atoms with Crippen LogP contribution in [0.4, 0.5) is 0 Å². The normalized spacial score (nSPS) is 10.8. The second-order valence-electron chi connectivity index (χ2n) is 5.19. The molecule has 0 aliphatic rings. The first-order chi connectivity index (χ1) is 9.88. The summed E-state index contributed by atoms with van der Waals surface area (Å²) in [5.74, 6) is 0.578. The van der Waals surface area contributed by atoms with Crippen LogP contribution in [0.3, 0.4) is 0 Å². The lowest BCUT2D eigenvalue weighted by atomic mass is 10.0. The molecule has 21 heavy (non-hydrogen) atoms. The predicted molar refractivity (Wildman–Crippen MR) is 97.1 cm³/mol. The Labute approximate surface area is 147 Å². The van der Waals surface area contributed by atoms with Gasteiger partial charge in [0.25, 0.3) is 0 Å². The first-order valence-corrected chi connectivity index (χ1v) is 8.53. The molecule has 2 nitrogen and oxygen atoms in total. The van der Waals surface area contributed by atoms with Crippen molar-refractivity contribution >= 4 is 44.5 Å². The monoisotopic (exact) mass is 458 g/mol. The number of ether oxygens (including phenoxy) is 1. The highest BCUT2D eigenvalue weighted by Gasteiger charge is 2.14. The van der Waals surface area contributed by atoms with E-state index in [9.17, 15) is 4.79 Å². The average Bonchev–Trinajstić information content (AvgIpc) is 2.43. The third-order valence-corrected chi connectivity index (χ3v) is 4.86. The zero-order valence-corrected chi connectivity index (χ0v) is 15.9. The molecule has 0 atom stereocenters. The fourth-order valence-corrected chi connectivity index (χ4v) is 2.84. The average molecular weight is 459 g/mol. The molecule has 0 radical (unpaired) electrons. The molecule has 2 rings (SSSR count). The molecule has 0 fully saturated rings. The van der Waals surface area contributed by atoms with Crippen LogP contribution in [0.15, 0.2) is 40.9 Å². The summed E-state index contributed by atoms with van der Waals surface area (Å²) in [6.07, 6.45) is 0. The Kier molecular flexibility index (Phi) is 5.43. The quantitative estimate of drug-likeness (QED) is 0.334. The van der Waals surface area contributed by atoms with Gasteiger partial charge in [-0.25, -0.2) is 4.79 Å². The SMILES string of the molecule is Cc1ccc(C(=O)Oc2ccc(Br)cc2C(C)C)cc1I. The lowest BCUT2D eigenvalue weighted by molar-refractivity contribution is 0.0732. The lowest BCUT2D eigenvalue weighted by Gasteiger charge is -2.13. The molecule has 2 aromatic rings. The fraction of sp³-hybridized carbons (Fsp3) is 0.235. The smallest absolute Gasteiger partial charge is 0.343 e. The summed E-state index contributed by atoms with van der Waals surface area (Å²) in [6.45, 7) is 6.17. The van der Waals surface area contributed by atoms with Gasteiger partial charge in [0.15, 0.2) is 0 Å². The van der Waals surface area contributed by atoms with Crippen LogP contribution in [-0.4, -0.2) is 5.97 Å². The maximum atomic E-state index is 12.3. The highest BCUT2D eigenvalue weighted by molar-refractivity contribution is 14.1. The van der Waals surface area contributed by atoms with Gasteiger partial charge in [0.05, 0.1) is 5.56 Å². The molecule has 0 aliphatic carbocycles. The maximum Gasteiger partial charge on any atom is 0.343 e. The number of aryl methyl sites for hydroxylation is 1. The van der Waals surface area contributed by atoms with E-state index in [1.165, 1.54) is 0 Å². The minimum Gasteiger partial charge on any atom is -0.423 e. The second kappa shape index (κ2) is 6.92. The van der Waals surface area contributed by atoms with Gasteiger partial charge in [0.2, 0.25) is 0 Å².